The van der Waals surface area contributed by atoms with Gasteiger partial charge in [0, 0.05) is 59.5 Å². The van der Waals surface area contributed by atoms with Crippen molar-refractivity contribution in [3.05, 3.63) is 0 Å². The van der Waals surface area contributed by atoms with Gasteiger partial charge in [0.1, 0.15) is 0 Å². The Labute approximate surface area is 106 Å². The Hall–Kier alpha value is -0.160. The van der Waals surface area contributed by atoms with Gasteiger partial charge in [-0.1, -0.05) is 13.8 Å². The van der Waals surface area contributed by atoms with Gasteiger partial charge < -0.3 is 10.1 Å². The molecule has 0 saturated carbocycles. The van der Waals surface area contributed by atoms with Crippen molar-refractivity contribution in [1.29, 1.82) is 0 Å². The van der Waals surface area contributed by atoms with Crippen molar-refractivity contribution in [3.8, 4) is 0 Å². The van der Waals surface area contributed by atoms with E-state index in [2.05, 4.69) is 29.0 Å². The van der Waals surface area contributed by atoms with Crippen LogP contribution in [-0.2, 0) is 4.74 Å². The summed E-state index contributed by atoms with van der Waals surface area (Å²) in [6, 6.07) is 0. The zero-order valence-electron chi connectivity index (χ0n) is 11.7. The molecular weight excluding hydrogens is 214 g/mol. The van der Waals surface area contributed by atoms with Crippen molar-refractivity contribution in [2.45, 2.75) is 13.8 Å². The Morgan fingerprint density at radius 2 is 1.94 bits per heavy atom. The largest absolute Gasteiger partial charge is 0.383 e. The highest BCUT2D eigenvalue weighted by molar-refractivity contribution is 4.70. The first-order valence-electron chi connectivity index (χ1n) is 6.86. The predicted octanol–water partition coefficient (Wildman–Crippen LogP) is 0.496. The lowest BCUT2D eigenvalue weighted by Crippen LogP contribution is -2.47. The Morgan fingerprint density at radius 1 is 1.24 bits per heavy atom. The van der Waals surface area contributed by atoms with Gasteiger partial charge in [-0.15, -0.1) is 0 Å². The standard InChI is InChI=1S/C13H29N3O/c1-13(2)12-16(10-11-17-3)9-8-15-6-4-14-5-7-15/h13-14H,4-12H2,1-3H3. The number of rotatable bonds is 8. The normalized spacial score (nSPS) is 18.2. The maximum atomic E-state index is 5.18. The van der Waals surface area contributed by atoms with Gasteiger partial charge in [-0.2, -0.15) is 0 Å². The van der Waals surface area contributed by atoms with Crippen LogP contribution in [0.4, 0.5) is 0 Å². The number of nitrogens with one attached hydrogen (secondary N) is 1. The third kappa shape index (κ3) is 6.99. The molecule has 1 fully saturated rings. The second-order valence-corrected chi connectivity index (χ2v) is 5.28. The van der Waals surface area contributed by atoms with Crippen LogP contribution in [-0.4, -0.2) is 75.9 Å². The van der Waals surface area contributed by atoms with Gasteiger partial charge in [0.25, 0.3) is 0 Å². The van der Waals surface area contributed by atoms with E-state index in [9.17, 15) is 0 Å². The second-order valence-electron chi connectivity index (χ2n) is 5.28. The maximum Gasteiger partial charge on any atom is 0.0589 e. The molecule has 0 aromatic heterocycles. The summed E-state index contributed by atoms with van der Waals surface area (Å²) in [5, 5.41) is 3.39. The fourth-order valence-electron chi connectivity index (χ4n) is 2.25. The molecule has 1 aliphatic rings. The lowest BCUT2D eigenvalue weighted by atomic mass is 10.2. The van der Waals surface area contributed by atoms with Crippen LogP contribution >= 0.6 is 0 Å². The minimum atomic E-state index is 0.731. The molecule has 0 atom stereocenters. The SMILES string of the molecule is COCCN(CCN1CCNCC1)CC(C)C. The zero-order chi connectivity index (χ0) is 12.5. The lowest BCUT2D eigenvalue weighted by Gasteiger charge is -2.31. The third-order valence-corrected chi connectivity index (χ3v) is 3.18. The first-order valence-corrected chi connectivity index (χ1v) is 6.86. The topological polar surface area (TPSA) is 27.7 Å². The van der Waals surface area contributed by atoms with Gasteiger partial charge in [0.2, 0.25) is 0 Å². The first kappa shape index (κ1) is 14.9. The summed E-state index contributed by atoms with van der Waals surface area (Å²) in [6.45, 7) is 14.7. The van der Waals surface area contributed by atoms with Gasteiger partial charge in [0.15, 0.2) is 0 Å². The van der Waals surface area contributed by atoms with Crippen molar-refractivity contribution in [2.24, 2.45) is 5.92 Å². The highest BCUT2D eigenvalue weighted by Gasteiger charge is 2.12. The fraction of sp³-hybridized carbons (Fsp3) is 1.00. The highest BCUT2D eigenvalue weighted by Crippen LogP contribution is 2.00. The summed E-state index contributed by atoms with van der Waals surface area (Å²) in [4.78, 5) is 5.08. The molecule has 1 aliphatic heterocycles. The highest BCUT2D eigenvalue weighted by atomic mass is 16.5. The number of hydrogen-bond donors (Lipinski definition) is 1. The molecule has 102 valence electrons. The molecule has 17 heavy (non-hydrogen) atoms. The Kier molecular flexibility index (Phi) is 7.77. The van der Waals surface area contributed by atoms with Crippen LogP contribution in [0.1, 0.15) is 13.8 Å². The molecule has 1 heterocycles. The van der Waals surface area contributed by atoms with E-state index in [1.807, 2.05) is 0 Å². The molecule has 0 unspecified atom stereocenters. The van der Waals surface area contributed by atoms with E-state index in [0.29, 0.717) is 0 Å². The van der Waals surface area contributed by atoms with E-state index in [1.54, 1.807) is 7.11 Å². The van der Waals surface area contributed by atoms with Crippen molar-refractivity contribution in [3.63, 3.8) is 0 Å². The lowest BCUT2D eigenvalue weighted by molar-refractivity contribution is 0.125. The molecule has 1 rings (SSSR count). The summed E-state index contributed by atoms with van der Waals surface area (Å²) in [7, 11) is 1.78. The van der Waals surface area contributed by atoms with Gasteiger partial charge in [-0.05, 0) is 5.92 Å². The molecule has 0 aromatic rings. The molecule has 0 amide bonds. The van der Waals surface area contributed by atoms with E-state index >= 15 is 0 Å². The molecular formula is C13H29N3O. The maximum absolute atomic E-state index is 5.18. The molecule has 0 aromatic carbocycles. The third-order valence-electron chi connectivity index (χ3n) is 3.18. The molecule has 1 N–H and O–H groups in total. The second kappa shape index (κ2) is 8.86. The number of ether oxygens (including phenoxy) is 1. The number of hydrogen-bond acceptors (Lipinski definition) is 4. The van der Waals surface area contributed by atoms with Crippen LogP contribution in [0.5, 0.6) is 0 Å². The molecule has 0 radical (unpaired) electrons. The average Bonchev–Trinajstić information content (AvgIpc) is 2.33. The van der Waals surface area contributed by atoms with Crippen LogP contribution in [0.3, 0.4) is 0 Å². The summed E-state index contributed by atoms with van der Waals surface area (Å²) in [5.74, 6) is 0.731. The zero-order valence-corrected chi connectivity index (χ0v) is 11.7. The van der Waals surface area contributed by atoms with Crippen molar-refractivity contribution >= 4 is 0 Å². The van der Waals surface area contributed by atoms with E-state index in [4.69, 9.17) is 4.74 Å². The summed E-state index contributed by atoms with van der Waals surface area (Å²) in [5.41, 5.74) is 0. The smallest absolute Gasteiger partial charge is 0.0589 e. The fourth-order valence-corrected chi connectivity index (χ4v) is 2.25. The molecule has 1 saturated heterocycles. The minimum Gasteiger partial charge on any atom is -0.383 e. The van der Waals surface area contributed by atoms with Crippen molar-refractivity contribution in [1.82, 2.24) is 15.1 Å². The predicted molar refractivity (Wildman–Crippen MR) is 72.5 cm³/mol. The van der Waals surface area contributed by atoms with E-state index in [-0.39, 0.29) is 0 Å². The molecule has 0 aliphatic carbocycles. The Bertz CT molecular complexity index is 182. The van der Waals surface area contributed by atoms with E-state index in [0.717, 1.165) is 32.2 Å². The van der Waals surface area contributed by atoms with Crippen LogP contribution in [0.25, 0.3) is 0 Å². The van der Waals surface area contributed by atoms with Gasteiger partial charge >= 0.3 is 0 Å². The van der Waals surface area contributed by atoms with Crippen LogP contribution < -0.4 is 5.32 Å². The Balaban J connectivity index is 2.21. The van der Waals surface area contributed by atoms with Gasteiger partial charge in [0.05, 0.1) is 6.61 Å². The molecule has 0 bridgehead atoms. The van der Waals surface area contributed by atoms with Gasteiger partial charge in [-0.3, -0.25) is 9.80 Å². The number of piperazine rings is 1. The summed E-state index contributed by atoms with van der Waals surface area (Å²) in [6.07, 6.45) is 0. The summed E-state index contributed by atoms with van der Waals surface area (Å²) < 4.78 is 5.18. The number of nitrogens with zero attached hydrogens (tertiary/aromatic N) is 2. The quantitative estimate of drug-likeness (QED) is 0.672. The average molecular weight is 243 g/mol. The van der Waals surface area contributed by atoms with E-state index in [1.165, 1.54) is 32.7 Å². The monoisotopic (exact) mass is 243 g/mol. The van der Waals surface area contributed by atoms with E-state index < -0.39 is 0 Å². The van der Waals surface area contributed by atoms with Crippen molar-refractivity contribution in [2.75, 3.05) is 66.1 Å². The molecule has 4 nitrogen and oxygen atoms in total. The molecule has 0 spiro atoms. The Morgan fingerprint density at radius 3 is 2.53 bits per heavy atom. The summed E-state index contributed by atoms with van der Waals surface area (Å²) >= 11 is 0. The van der Waals surface area contributed by atoms with Crippen LogP contribution in [0.2, 0.25) is 0 Å². The first-order chi connectivity index (χ1) is 8.22. The van der Waals surface area contributed by atoms with Crippen LogP contribution in [0, 0.1) is 5.92 Å². The minimum absolute atomic E-state index is 0.731. The molecule has 4 heteroatoms. The van der Waals surface area contributed by atoms with Crippen LogP contribution in [0.15, 0.2) is 0 Å². The number of methoxy groups -OCH3 is 1. The van der Waals surface area contributed by atoms with Gasteiger partial charge in [-0.25, -0.2) is 0 Å². The van der Waals surface area contributed by atoms with Crippen molar-refractivity contribution < 1.29 is 4.74 Å².